The monoisotopic (exact) mass is 311 g/mol. The molecule has 0 radical (unpaired) electrons. The van der Waals surface area contributed by atoms with Gasteiger partial charge in [0.1, 0.15) is 0 Å². The van der Waals surface area contributed by atoms with Gasteiger partial charge in [0, 0.05) is 12.6 Å². The van der Waals surface area contributed by atoms with Crippen molar-refractivity contribution in [3.63, 3.8) is 0 Å². The number of rotatable bonds is 6. The molecule has 1 aromatic carbocycles. The SMILES string of the molecule is CCC(CCO)NS(=O)(=O)c1ccccc1C(F)(F)F. The van der Waals surface area contributed by atoms with Crippen molar-refractivity contribution in [3.05, 3.63) is 29.8 Å². The van der Waals surface area contributed by atoms with Crippen LogP contribution in [0, 0.1) is 0 Å². The van der Waals surface area contributed by atoms with Crippen molar-refractivity contribution >= 4 is 10.0 Å². The van der Waals surface area contributed by atoms with Crippen LogP contribution >= 0.6 is 0 Å². The Morgan fingerprint density at radius 2 is 1.90 bits per heavy atom. The summed E-state index contributed by atoms with van der Waals surface area (Å²) < 4.78 is 64.7. The molecule has 1 unspecified atom stereocenters. The van der Waals surface area contributed by atoms with Crippen LogP contribution < -0.4 is 4.72 Å². The zero-order chi connectivity index (χ0) is 15.4. The van der Waals surface area contributed by atoms with E-state index in [-0.39, 0.29) is 13.0 Å². The van der Waals surface area contributed by atoms with Crippen molar-refractivity contribution in [2.45, 2.75) is 36.9 Å². The number of hydrogen-bond donors (Lipinski definition) is 2. The van der Waals surface area contributed by atoms with Gasteiger partial charge in [-0.1, -0.05) is 19.1 Å². The first kappa shape index (κ1) is 16.9. The average molecular weight is 311 g/mol. The predicted octanol–water partition coefficient (Wildman–Crippen LogP) is 2.14. The van der Waals surface area contributed by atoms with E-state index >= 15 is 0 Å². The lowest BCUT2D eigenvalue weighted by Gasteiger charge is -2.18. The Hall–Kier alpha value is -1.12. The van der Waals surface area contributed by atoms with E-state index in [1.807, 2.05) is 0 Å². The van der Waals surface area contributed by atoms with E-state index in [0.29, 0.717) is 6.42 Å². The minimum atomic E-state index is -4.75. The summed E-state index contributed by atoms with van der Waals surface area (Å²) in [7, 11) is -4.29. The summed E-state index contributed by atoms with van der Waals surface area (Å²) in [6.45, 7) is 1.43. The highest BCUT2D eigenvalue weighted by molar-refractivity contribution is 7.89. The molecule has 0 saturated heterocycles. The number of alkyl halides is 3. The molecule has 1 atom stereocenters. The van der Waals surface area contributed by atoms with Crippen molar-refractivity contribution in [1.82, 2.24) is 4.72 Å². The maximum absolute atomic E-state index is 12.8. The second-order valence-corrected chi connectivity index (χ2v) is 5.92. The van der Waals surface area contributed by atoms with Crippen molar-refractivity contribution in [2.24, 2.45) is 0 Å². The van der Waals surface area contributed by atoms with Gasteiger partial charge in [-0.05, 0) is 25.0 Å². The molecular formula is C12H16F3NO3S. The van der Waals surface area contributed by atoms with Crippen LogP contribution in [0.2, 0.25) is 0 Å². The molecule has 0 heterocycles. The molecule has 0 amide bonds. The minimum Gasteiger partial charge on any atom is -0.396 e. The van der Waals surface area contributed by atoms with Crippen molar-refractivity contribution < 1.29 is 26.7 Å². The van der Waals surface area contributed by atoms with Crippen LogP contribution in [0.25, 0.3) is 0 Å². The van der Waals surface area contributed by atoms with Crippen molar-refractivity contribution in [1.29, 1.82) is 0 Å². The van der Waals surface area contributed by atoms with Crippen LogP contribution in [0.15, 0.2) is 29.2 Å². The summed E-state index contributed by atoms with van der Waals surface area (Å²) in [4.78, 5) is -0.802. The van der Waals surface area contributed by atoms with Gasteiger partial charge in [0.25, 0.3) is 0 Å². The lowest BCUT2D eigenvalue weighted by molar-refractivity contribution is -0.139. The molecule has 0 aliphatic heterocycles. The molecule has 1 rings (SSSR count). The fourth-order valence-electron chi connectivity index (χ4n) is 1.72. The van der Waals surface area contributed by atoms with Crippen LogP contribution in [0.3, 0.4) is 0 Å². The van der Waals surface area contributed by atoms with Crippen molar-refractivity contribution in [3.8, 4) is 0 Å². The predicted molar refractivity (Wildman–Crippen MR) is 67.5 cm³/mol. The van der Waals surface area contributed by atoms with Crippen LogP contribution in [-0.4, -0.2) is 26.2 Å². The molecule has 1 aromatic rings. The largest absolute Gasteiger partial charge is 0.417 e. The van der Waals surface area contributed by atoms with Gasteiger partial charge in [-0.25, -0.2) is 13.1 Å². The molecule has 20 heavy (non-hydrogen) atoms. The number of sulfonamides is 1. The highest BCUT2D eigenvalue weighted by Crippen LogP contribution is 2.33. The number of benzene rings is 1. The number of hydrogen-bond acceptors (Lipinski definition) is 3. The lowest BCUT2D eigenvalue weighted by Crippen LogP contribution is -2.36. The zero-order valence-electron chi connectivity index (χ0n) is 10.8. The van der Waals surface area contributed by atoms with E-state index in [4.69, 9.17) is 5.11 Å². The summed E-state index contributed by atoms with van der Waals surface area (Å²) >= 11 is 0. The number of nitrogens with one attached hydrogen (secondary N) is 1. The lowest BCUT2D eigenvalue weighted by atomic mass is 10.2. The van der Waals surface area contributed by atoms with Crippen LogP contribution in [0.1, 0.15) is 25.3 Å². The highest BCUT2D eigenvalue weighted by atomic mass is 32.2. The zero-order valence-corrected chi connectivity index (χ0v) is 11.6. The number of aliphatic hydroxyl groups excluding tert-OH is 1. The van der Waals surface area contributed by atoms with Gasteiger partial charge in [0.15, 0.2) is 0 Å². The topological polar surface area (TPSA) is 66.4 Å². The van der Waals surface area contributed by atoms with Gasteiger partial charge in [-0.3, -0.25) is 0 Å². The van der Waals surface area contributed by atoms with E-state index in [1.165, 1.54) is 6.07 Å². The van der Waals surface area contributed by atoms with Crippen LogP contribution in [0.5, 0.6) is 0 Å². The molecule has 0 aromatic heterocycles. The maximum atomic E-state index is 12.8. The molecule has 114 valence electrons. The van der Waals surface area contributed by atoms with Crippen molar-refractivity contribution in [2.75, 3.05) is 6.61 Å². The van der Waals surface area contributed by atoms with Gasteiger partial charge in [-0.15, -0.1) is 0 Å². The number of aliphatic hydroxyl groups is 1. The second kappa shape index (κ2) is 6.55. The Bertz CT molecular complexity index is 543. The number of halogens is 3. The Labute approximate surface area is 115 Å². The van der Waals surface area contributed by atoms with Gasteiger partial charge in [0.2, 0.25) is 10.0 Å². The Morgan fingerprint density at radius 1 is 1.30 bits per heavy atom. The molecule has 0 fully saturated rings. The highest BCUT2D eigenvalue weighted by Gasteiger charge is 2.37. The fraction of sp³-hybridized carbons (Fsp3) is 0.500. The smallest absolute Gasteiger partial charge is 0.396 e. The first-order valence-electron chi connectivity index (χ1n) is 6.01. The molecular weight excluding hydrogens is 295 g/mol. The molecule has 0 bridgehead atoms. The van der Waals surface area contributed by atoms with Gasteiger partial charge < -0.3 is 5.11 Å². The Kier molecular flexibility index (Phi) is 5.55. The molecule has 0 spiro atoms. The van der Waals surface area contributed by atoms with E-state index < -0.39 is 32.7 Å². The molecule has 0 aliphatic carbocycles. The summed E-state index contributed by atoms with van der Waals surface area (Å²) in [6, 6.07) is 3.40. The van der Waals surface area contributed by atoms with E-state index in [1.54, 1.807) is 6.92 Å². The summed E-state index contributed by atoms with van der Waals surface area (Å²) in [6.07, 6.45) is -4.23. The van der Waals surface area contributed by atoms with E-state index in [2.05, 4.69) is 4.72 Å². The summed E-state index contributed by atoms with van der Waals surface area (Å²) in [5.41, 5.74) is -1.20. The van der Waals surface area contributed by atoms with E-state index in [0.717, 1.165) is 18.2 Å². The minimum absolute atomic E-state index is 0.143. The Morgan fingerprint density at radius 3 is 2.40 bits per heavy atom. The molecule has 0 saturated carbocycles. The molecule has 8 heteroatoms. The van der Waals surface area contributed by atoms with Gasteiger partial charge >= 0.3 is 6.18 Å². The average Bonchev–Trinajstić information content (AvgIpc) is 2.37. The van der Waals surface area contributed by atoms with E-state index in [9.17, 15) is 21.6 Å². The van der Waals surface area contributed by atoms with Crippen LogP contribution in [-0.2, 0) is 16.2 Å². The first-order chi connectivity index (χ1) is 9.22. The normalized spacial score (nSPS) is 14.2. The summed E-state index contributed by atoms with van der Waals surface area (Å²) in [5, 5.41) is 8.80. The fourth-order valence-corrected chi connectivity index (χ4v) is 3.30. The third kappa shape index (κ3) is 4.19. The first-order valence-corrected chi connectivity index (χ1v) is 7.50. The van der Waals surface area contributed by atoms with Gasteiger partial charge in [-0.2, -0.15) is 13.2 Å². The van der Waals surface area contributed by atoms with Gasteiger partial charge in [0.05, 0.1) is 10.5 Å². The maximum Gasteiger partial charge on any atom is 0.417 e. The van der Waals surface area contributed by atoms with Crippen LogP contribution in [0.4, 0.5) is 13.2 Å². The third-order valence-corrected chi connectivity index (χ3v) is 4.35. The molecule has 2 N–H and O–H groups in total. The third-order valence-electron chi connectivity index (χ3n) is 2.77. The Balaban J connectivity index is 3.16. The molecule has 0 aliphatic rings. The quantitative estimate of drug-likeness (QED) is 0.846. The molecule has 4 nitrogen and oxygen atoms in total. The summed E-state index contributed by atoms with van der Waals surface area (Å²) in [5.74, 6) is 0. The second-order valence-electron chi connectivity index (χ2n) is 4.23. The standard InChI is InChI=1S/C12H16F3NO3S/c1-2-9(7-8-17)16-20(18,19)11-6-4-3-5-10(11)12(13,14)15/h3-6,9,16-17H,2,7-8H2,1H3.